The predicted octanol–water partition coefficient (Wildman–Crippen LogP) is 4.15. The number of nitro benzene ring substituents is 1. The summed E-state index contributed by atoms with van der Waals surface area (Å²) < 4.78 is 52.0. The monoisotopic (exact) mass is 364 g/mol. The van der Waals surface area contributed by atoms with Crippen LogP contribution >= 0.6 is 0 Å². The van der Waals surface area contributed by atoms with E-state index in [1.54, 1.807) is 0 Å². The van der Waals surface area contributed by atoms with Gasteiger partial charge in [0.2, 0.25) is 5.82 Å². The highest BCUT2D eigenvalue weighted by atomic mass is 19.1. The molecular formula is C17H11F3N2O4. The van der Waals surface area contributed by atoms with Crippen LogP contribution in [0.15, 0.2) is 36.7 Å². The van der Waals surface area contributed by atoms with Crippen LogP contribution in [0.4, 0.5) is 18.9 Å². The first-order chi connectivity index (χ1) is 12.4. The molecule has 9 heteroatoms. The maximum absolute atomic E-state index is 14.2. The Labute approximate surface area is 144 Å². The first kappa shape index (κ1) is 17.5. The van der Waals surface area contributed by atoms with Gasteiger partial charge in [-0.05, 0) is 6.07 Å². The zero-order valence-corrected chi connectivity index (χ0v) is 13.3. The Kier molecular flexibility index (Phi) is 4.61. The summed E-state index contributed by atoms with van der Waals surface area (Å²) in [4.78, 5) is 13.8. The third kappa shape index (κ3) is 3.10. The van der Waals surface area contributed by atoms with Crippen molar-refractivity contribution in [1.82, 2.24) is 4.98 Å². The minimum atomic E-state index is -1.10. The van der Waals surface area contributed by atoms with E-state index >= 15 is 0 Å². The summed E-state index contributed by atoms with van der Waals surface area (Å²) in [6.07, 6.45) is 2.64. The molecule has 3 aromatic rings. The third-order valence-electron chi connectivity index (χ3n) is 3.75. The molecular weight excluding hydrogens is 353 g/mol. The number of ether oxygens (including phenoxy) is 2. The number of benzene rings is 2. The Bertz CT molecular complexity index is 1010. The molecule has 0 amide bonds. The fraction of sp³-hybridized carbons (Fsp3) is 0.118. The smallest absolute Gasteiger partial charge is 0.308 e. The molecule has 0 unspecified atom stereocenters. The Hall–Kier alpha value is -3.36. The highest BCUT2D eigenvalue weighted by Crippen LogP contribution is 2.35. The van der Waals surface area contributed by atoms with Gasteiger partial charge in [-0.2, -0.15) is 4.39 Å². The van der Waals surface area contributed by atoms with E-state index in [9.17, 15) is 23.3 Å². The quantitative estimate of drug-likeness (QED) is 0.502. The molecule has 0 bridgehead atoms. The second-order valence-electron chi connectivity index (χ2n) is 5.24. The van der Waals surface area contributed by atoms with Gasteiger partial charge < -0.3 is 9.47 Å². The average Bonchev–Trinajstić information content (AvgIpc) is 2.61. The lowest BCUT2D eigenvalue weighted by molar-refractivity contribution is -0.387. The summed E-state index contributed by atoms with van der Waals surface area (Å²) in [7, 11) is 1.23. The van der Waals surface area contributed by atoms with Crippen LogP contribution in [0.5, 0.6) is 11.5 Å². The summed E-state index contributed by atoms with van der Waals surface area (Å²) in [5, 5.41) is 11.2. The third-order valence-corrected chi connectivity index (χ3v) is 3.75. The van der Waals surface area contributed by atoms with Crippen molar-refractivity contribution in [3.05, 3.63) is 69.8 Å². The van der Waals surface area contributed by atoms with Crippen LogP contribution in [0.2, 0.25) is 0 Å². The van der Waals surface area contributed by atoms with Gasteiger partial charge in [0.15, 0.2) is 11.5 Å². The molecule has 0 atom stereocenters. The van der Waals surface area contributed by atoms with Crippen molar-refractivity contribution in [3.63, 3.8) is 0 Å². The molecule has 0 N–H and O–H groups in total. The Morgan fingerprint density at radius 2 is 1.85 bits per heavy atom. The van der Waals surface area contributed by atoms with E-state index < -0.39 is 34.7 Å². The maximum Gasteiger partial charge on any atom is 0.308 e. The molecule has 0 fully saturated rings. The van der Waals surface area contributed by atoms with Gasteiger partial charge in [0, 0.05) is 40.9 Å². The van der Waals surface area contributed by atoms with Crippen molar-refractivity contribution in [1.29, 1.82) is 0 Å². The summed E-state index contributed by atoms with van der Waals surface area (Å²) in [5.74, 6) is -2.96. The number of methoxy groups -OCH3 is 1. The molecule has 1 aromatic heterocycles. The molecule has 1 heterocycles. The van der Waals surface area contributed by atoms with E-state index in [0.29, 0.717) is 6.07 Å². The molecule has 0 radical (unpaired) electrons. The number of nitro groups is 1. The number of hydrogen-bond donors (Lipinski definition) is 0. The largest absolute Gasteiger partial charge is 0.493 e. The second-order valence-corrected chi connectivity index (χ2v) is 5.24. The zero-order chi connectivity index (χ0) is 18.8. The molecule has 3 rings (SSSR count). The van der Waals surface area contributed by atoms with Gasteiger partial charge in [-0.1, -0.05) is 0 Å². The lowest BCUT2D eigenvalue weighted by Crippen LogP contribution is -2.04. The molecule has 0 aliphatic carbocycles. The van der Waals surface area contributed by atoms with Gasteiger partial charge in [0.05, 0.1) is 18.1 Å². The first-order valence-corrected chi connectivity index (χ1v) is 7.27. The minimum absolute atomic E-state index is 0.00327. The zero-order valence-electron chi connectivity index (χ0n) is 13.3. The number of nitrogens with zero attached hydrogens (tertiary/aromatic N) is 2. The number of aromatic nitrogens is 1. The molecule has 0 saturated heterocycles. The summed E-state index contributed by atoms with van der Waals surface area (Å²) in [6, 6.07) is 3.74. The number of hydrogen-bond acceptors (Lipinski definition) is 5. The second kappa shape index (κ2) is 6.87. The van der Waals surface area contributed by atoms with E-state index in [0.717, 1.165) is 12.1 Å². The number of rotatable bonds is 5. The number of pyridine rings is 1. The number of fused-ring (bicyclic) bond motifs is 1. The van der Waals surface area contributed by atoms with Gasteiger partial charge >= 0.3 is 5.69 Å². The van der Waals surface area contributed by atoms with Crippen LogP contribution in [-0.4, -0.2) is 17.0 Å². The summed E-state index contributed by atoms with van der Waals surface area (Å²) in [6.45, 7) is -0.395. The van der Waals surface area contributed by atoms with Crippen LogP contribution in [0.3, 0.4) is 0 Å². The maximum atomic E-state index is 14.2. The van der Waals surface area contributed by atoms with Crippen LogP contribution < -0.4 is 9.47 Å². The van der Waals surface area contributed by atoms with E-state index in [2.05, 4.69) is 4.98 Å². The molecule has 0 aliphatic heterocycles. The van der Waals surface area contributed by atoms with Gasteiger partial charge in [-0.25, -0.2) is 8.78 Å². The Morgan fingerprint density at radius 1 is 1.08 bits per heavy atom. The lowest BCUT2D eigenvalue weighted by Gasteiger charge is -2.13. The van der Waals surface area contributed by atoms with E-state index in [1.165, 1.54) is 25.6 Å². The highest BCUT2D eigenvalue weighted by molar-refractivity contribution is 5.85. The number of halogens is 3. The average molecular weight is 364 g/mol. The van der Waals surface area contributed by atoms with Crippen molar-refractivity contribution >= 4 is 16.5 Å². The van der Waals surface area contributed by atoms with Crippen molar-refractivity contribution in [2.45, 2.75) is 6.61 Å². The molecule has 6 nitrogen and oxygen atoms in total. The SMILES string of the molecule is COc1cc(F)c([N+](=O)[O-])cc1OCc1c(F)cc(F)c2ccncc12. The van der Waals surface area contributed by atoms with Gasteiger partial charge in [-0.3, -0.25) is 15.1 Å². The predicted molar refractivity (Wildman–Crippen MR) is 85.6 cm³/mol. The van der Waals surface area contributed by atoms with Crippen LogP contribution in [0.25, 0.3) is 10.8 Å². The topological polar surface area (TPSA) is 74.5 Å². The van der Waals surface area contributed by atoms with Gasteiger partial charge in [0.1, 0.15) is 18.2 Å². The van der Waals surface area contributed by atoms with Crippen molar-refractivity contribution in [2.75, 3.05) is 7.11 Å². The fourth-order valence-corrected chi connectivity index (χ4v) is 2.48. The van der Waals surface area contributed by atoms with Crippen LogP contribution in [0, 0.1) is 27.6 Å². The first-order valence-electron chi connectivity index (χ1n) is 7.27. The Balaban J connectivity index is 2.01. The van der Waals surface area contributed by atoms with Gasteiger partial charge in [-0.15, -0.1) is 0 Å². The molecule has 26 heavy (non-hydrogen) atoms. The fourth-order valence-electron chi connectivity index (χ4n) is 2.48. The van der Waals surface area contributed by atoms with Crippen molar-refractivity contribution in [3.8, 4) is 11.5 Å². The van der Waals surface area contributed by atoms with Crippen molar-refractivity contribution in [2.24, 2.45) is 0 Å². The molecule has 0 saturated carbocycles. The summed E-state index contributed by atoms with van der Waals surface area (Å²) in [5.41, 5.74) is -0.810. The van der Waals surface area contributed by atoms with E-state index in [1.807, 2.05) is 0 Å². The minimum Gasteiger partial charge on any atom is -0.493 e. The standard InChI is InChI=1S/C17H11F3N2O4/c1-25-16-5-14(20)15(22(23)24)6-17(16)26-8-11-10-7-21-3-2-9(10)12(18)4-13(11)19/h2-7H,8H2,1H3. The lowest BCUT2D eigenvalue weighted by atomic mass is 10.1. The van der Waals surface area contributed by atoms with Crippen molar-refractivity contribution < 1.29 is 27.6 Å². The highest BCUT2D eigenvalue weighted by Gasteiger charge is 2.21. The van der Waals surface area contributed by atoms with Crippen LogP contribution in [0.1, 0.15) is 5.56 Å². The van der Waals surface area contributed by atoms with E-state index in [-0.39, 0.29) is 27.8 Å². The summed E-state index contributed by atoms with van der Waals surface area (Å²) >= 11 is 0. The normalized spacial score (nSPS) is 10.8. The molecule has 0 aliphatic rings. The van der Waals surface area contributed by atoms with Gasteiger partial charge in [0.25, 0.3) is 0 Å². The Morgan fingerprint density at radius 3 is 2.54 bits per heavy atom. The molecule has 134 valence electrons. The van der Waals surface area contributed by atoms with Crippen LogP contribution in [-0.2, 0) is 6.61 Å². The van der Waals surface area contributed by atoms with E-state index in [4.69, 9.17) is 9.47 Å². The molecule has 0 spiro atoms. The molecule has 2 aromatic carbocycles.